The van der Waals surface area contributed by atoms with E-state index in [0.717, 1.165) is 10.6 Å². The lowest BCUT2D eigenvalue weighted by Gasteiger charge is -2.41. The molecular formula is C65H102N12O14S. The lowest BCUT2D eigenvalue weighted by Crippen LogP contribution is -2.60. The monoisotopic (exact) mass is 1310 g/mol. The van der Waals surface area contributed by atoms with Crippen molar-refractivity contribution in [1.29, 1.82) is 0 Å². The van der Waals surface area contributed by atoms with Gasteiger partial charge in [-0.15, -0.1) is 11.3 Å². The maximum Gasteiger partial charge on any atom is 0.312 e. The van der Waals surface area contributed by atoms with Crippen LogP contribution in [0.2, 0.25) is 0 Å². The summed E-state index contributed by atoms with van der Waals surface area (Å²) in [6.07, 6.45) is 3.10. The molecule has 1 saturated heterocycles. The molecule has 2 heterocycles. The second-order valence-corrected chi connectivity index (χ2v) is 25.4. The van der Waals surface area contributed by atoms with Gasteiger partial charge in [0, 0.05) is 65.1 Å². The van der Waals surface area contributed by atoms with Gasteiger partial charge in [-0.3, -0.25) is 38.4 Å². The number of hydrogen-bond donors (Lipinski definition) is 8. The molecule has 1 aromatic heterocycles. The zero-order valence-corrected chi connectivity index (χ0v) is 56.7. The van der Waals surface area contributed by atoms with E-state index in [1.807, 2.05) is 70.3 Å². The van der Waals surface area contributed by atoms with Crippen molar-refractivity contribution in [2.45, 2.75) is 168 Å². The summed E-state index contributed by atoms with van der Waals surface area (Å²) in [7, 11) is 6.22. The molecule has 1 aliphatic heterocycles. The predicted molar refractivity (Wildman–Crippen MR) is 349 cm³/mol. The first-order valence-electron chi connectivity index (χ1n) is 31.8. The number of carbonyl (C=O) groups excluding carboxylic acids is 9. The number of carbonyl (C=O) groups is 9. The van der Waals surface area contributed by atoms with Crippen molar-refractivity contribution < 1.29 is 66.9 Å². The molecule has 2 aromatic carbocycles. The van der Waals surface area contributed by atoms with Crippen molar-refractivity contribution in [1.82, 2.24) is 46.3 Å². The van der Waals surface area contributed by atoms with Crippen molar-refractivity contribution in [2.24, 2.45) is 41.2 Å². The zero-order valence-electron chi connectivity index (χ0n) is 55.9. The number of anilines is 1. The molecule has 26 nitrogen and oxygen atoms in total. The summed E-state index contributed by atoms with van der Waals surface area (Å²) in [6, 6.07) is 9.73. The molecule has 0 aliphatic carbocycles. The van der Waals surface area contributed by atoms with Crippen LogP contribution in [-0.4, -0.2) is 189 Å². The van der Waals surface area contributed by atoms with Gasteiger partial charge in [0.1, 0.15) is 34.9 Å². The number of likely N-dealkylation sites (tertiary alicyclic amines) is 1. The normalized spacial score (nSPS) is 16.4. The van der Waals surface area contributed by atoms with Crippen molar-refractivity contribution in [3.63, 3.8) is 0 Å². The van der Waals surface area contributed by atoms with Crippen molar-refractivity contribution >= 4 is 70.3 Å². The molecule has 512 valence electrons. The topological polar surface area (TPSA) is 347 Å². The molecule has 1 fully saturated rings. The van der Waals surface area contributed by atoms with Crippen molar-refractivity contribution in [3.05, 3.63) is 76.7 Å². The first-order chi connectivity index (χ1) is 43.8. The summed E-state index contributed by atoms with van der Waals surface area (Å²) < 4.78 is 23.4. The fourth-order valence-corrected chi connectivity index (χ4v) is 12.1. The minimum absolute atomic E-state index is 0.0346. The zero-order chi connectivity index (χ0) is 68.2. The van der Waals surface area contributed by atoms with E-state index in [9.17, 15) is 43.2 Å². The Kier molecular flexibility index (Phi) is 33.0. The standard InChI is InChI=1S/C65H102N12O14S/c1-14-42(8)57(50(87-12)37-52(79)77-31-19-23-49(77)58(88-13)43(9)59(81)72-48(63-68-30-35-92-63)36-44-20-16-15-17-21-44)76(11)64(85)55(40(4)5)74-62(84)56(41(6)7)75(10)53(80)38-90-46-26-24-45(25-27-46)70-60(82)47(22-18-29-69-65(66)86)71-61(83)54(39(2)3)73-51(78)28-32-89-33-34-91-67/h15-17,20-21,24-27,30,35,39-43,47-50,54-58H,14,18-19,22-23,28-29,31-34,36-38,67H2,1-13H3,(H,70,82)(H,71,83)(H,72,81)(H,73,78)(H,74,84)(H3,66,69,86)/t42-,43+,47-,48-,49-,50+,54-,55-,56-,57-,58+/m0/s1. The molecule has 10 amide bonds. The van der Waals surface area contributed by atoms with Crippen LogP contribution in [0.25, 0.3) is 0 Å². The number of ether oxygens (including phenoxy) is 4. The van der Waals surface area contributed by atoms with Crippen LogP contribution in [0.5, 0.6) is 5.75 Å². The molecule has 1 aliphatic rings. The lowest BCUT2D eigenvalue weighted by atomic mass is 9.89. The summed E-state index contributed by atoms with van der Waals surface area (Å²) in [5.41, 5.74) is 6.60. The Labute approximate surface area is 546 Å². The summed E-state index contributed by atoms with van der Waals surface area (Å²) in [5, 5.41) is 19.5. The van der Waals surface area contributed by atoms with Gasteiger partial charge in [-0.2, -0.15) is 0 Å². The van der Waals surface area contributed by atoms with E-state index in [4.69, 9.17) is 30.6 Å². The SMILES string of the molecule is CC[C@H](C)[C@@H]([C@@H](CC(=O)N1CCC[C@H]1[C@H](OC)[C@@H](C)C(=O)N[C@@H](Cc1ccccc1)c1nccs1)OC)N(C)C(=O)[C@@H](NC(=O)[C@H](C(C)C)N(C)C(=O)COc1ccc(NC(=O)[C@H](CCCNC(N)=O)NC(=O)[C@@H](NC(=O)CCOCCON)C(C)C)cc1)C(C)C. The molecule has 0 radical (unpaired) electrons. The quantitative estimate of drug-likeness (QED) is 0.0287. The van der Waals surface area contributed by atoms with Gasteiger partial charge in [0.05, 0.1) is 62.5 Å². The number of aromatic nitrogens is 1. The molecule has 4 rings (SSSR count). The fraction of sp³-hybridized carbons (Fsp3) is 0.631. The first-order valence-corrected chi connectivity index (χ1v) is 32.6. The van der Waals surface area contributed by atoms with Crippen molar-refractivity contribution in [3.8, 4) is 5.75 Å². The number of nitrogens with one attached hydrogen (secondary N) is 6. The number of hydrogen-bond acceptors (Lipinski definition) is 17. The number of nitrogens with two attached hydrogens (primary N) is 2. The summed E-state index contributed by atoms with van der Waals surface area (Å²) in [6.45, 7) is 17.0. The van der Waals surface area contributed by atoms with E-state index in [2.05, 4.69) is 41.7 Å². The van der Waals surface area contributed by atoms with Crippen molar-refractivity contribution in [2.75, 3.05) is 73.1 Å². The van der Waals surface area contributed by atoms with Gasteiger partial charge in [0.25, 0.3) is 5.91 Å². The number of rotatable bonds is 40. The number of methoxy groups -OCH3 is 2. The fourth-order valence-electron chi connectivity index (χ4n) is 11.4. The maximum atomic E-state index is 14.9. The highest BCUT2D eigenvalue weighted by molar-refractivity contribution is 7.09. The van der Waals surface area contributed by atoms with E-state index in [0.29, 0.717) is 37.9 Å². The van der Waals surface area contributed by atoms with E-state index in [1.54, 1.807) is 57.8 Å². The highest BCUT2D eigenvalue weighted by Gasteiger charge is 2.44. The number of urea groups is 1. The smallest absolute Gasteiger partial charge is 0.312 e. The predicted octanol–water partition coefficient (Wildman–Crippen LogP) is 4.48. The Morgan fingerprint density at radius 3 is 2.04 bits per heavy atom. The largest absolute Gasteiger partial charge is 0.484 e. The van der Waals surface area contributed by atoms with E-state index >= 15 is 0 Å². The van der Waals surface area contributed by atoms with Crippen LogP contribution in [0.3, 0.4) is 0 Å². The molecular weight excluding hydrogens is 1200 g/mol. The van der Waals surface area contributed by atoms with Gasteiger partial charge in [0.2, 0.25) is 41.4 Å². The van der Waals surface area contributed by atoms with Crippen LogP contribution in [0.4, 0.5) is 10.5 Å². The highest BCUT2D eigenvalue weighted by atomic mass is 32.1. The number of primary amides is 1. The average molecular weight is 1310 g/mol. The molecule has 92 heavy (non-hydrogen) atoms. The van der Waals surface area contributed by atoms with Crippen LogP contribution in [-0.2, 0) is 63.8 Å². The molecule has 0 saturated carbocycles. The maximum absolute atomic E-state index is 14.9. The first kappa shape index (κ1) is 77.1. The molecule has 10 N–H and O–H groups in total. The minimum Gasteiger partial charge on any atom is -0.484 e. The molecule has 0 spiro atoms. The molecule has 11 atom stereocenters. The number of nitrogens with zero attached hydrogens (tertiary/aromatic N) is 4. The van der Waals surface area contributed by atoms with Gasteiger partial charge in [-0.25, -0.2) is 15.7 Å². The average Bonchev–Trinajstić information content (AvgIpc) is 1.35. The minimum atomic E-state index is -1.10. The molecule has 27 heteroatoms. The van der Waals surface area contributed by atoms with Gasteiger partial charge in [-0.05, 0) is 85.6 Å². The van der Waals surface area contributed by atoms with Crippen LogP contribution in [0, 0.1) is 29.6 Å². The van der Waals surface area contributed by atoms with E-state index < -0.39 is 114 Å². The lowest BCUT2D eigenvalue weighted by molar-refractivity contribution is -0.149. The number of amides is 10. The summed E-state index contributed by atoms with van der Waals surface area (Å²) in [4.78, 5) is 137. The van der Waals surface area contributed by atoms with Gasteiger partial charge in [-0.1, -0.05) is 99.1 Å². The summed E-state index contributed by atoms with van der Waals surface area (Å²) in [5.74, 6) is -0.253. The van der Waals surface area contributed by atoms with Crippen LogP contribution >= 0.6 is 11.3 Å². The van der Waals surface area contributed by atoms with E-state index in [1.165, 1.54) is 54.7 Å². The third-order valence-electron chi connectivity index (χ3n) is 16.7. The summed E-state index contributed by atoms with van der Waals surface area (Å²) >= 11 is 1.47. The van der Waals surface area contributed by atoms with Crippen LogP contribution in [0.1, 0.15) is 124 Å². The molecule has 0 unspecified atom stereocenters. The Balaban J connectivity index is 1.40. The second-order valence-electron chi connectivity index (χ2n) is 24.5. The highest BCUT2D eigenvalue weighted by Crippen LogP contribution is 2.31. The van der Waals surface area contributed by atoms with Crippen LogP contribution < -0.4 is 48.3 Å². The number of benzene rings is 2. The third kappa shape index (κ3) is 23.7. The van der Waals surface area contributed by atoms with E-state index in [-0.39, 0.29) is 87.5 Å². The Morgan fingerprint density at radius 1 is 0.772 bits per heavy atom. The van der Waals surface area contributed by atoms with Gasteiger partial charge in [0.15, 0.2) is 6.61 Å². The third-order valence-corrected chi connectivity index (χ3v) is 17.6. The Hall–Kier alpha value is -7.30. The Bertz CT molecular complexity index is 2800. The van der Waals surface area contributed by atoms with Gasteiger partial charge >= 0.3 is 6.03 Å². The Morgan fingerprint density at radius 2 is 1.46 bits per heavy atom. The number of thiazole rings is 1. The van der Waals surface area contributed by atoms with Gasteiger partial charge < -0.3 is 76.1 Å². The molecule has 3 aromatic rings. The molecule has 0 bridgehead atoms. The number of likely N-dealkylation sites (N-methyl/N-ethyl adjacent to an activating group) is 2. The van der Waals surface area contributed by atoms with Crippen LogP contribution in [0.15, 0.2) is 66.2 Å². The second kappa shape index (κ2) is 39.3.